The van der Waals surface area contributed by atoms with Crippen LogP contribution in [0.3, 0.4) is 0 Å². The Morgan fingerprint density at radius 1 is 0.706 bits per heavy atom. The molecular formula is C24H13F5N4O. The molecule has 0 aliphatic heterocycles. The number of carbonyl (C=O) groups is 1. The van der Waals surface area contributed by atoms with Crippen molar-refractivity contribution in [2.75, 3.05) is 0 Å². The molecule has 4 aromatic rings. The highest BCUT2D eigenvalue weighted by atomic mass is 19.2. The molecule has 0 unspecified atom stereocenters. The number of hydrazone groups is 1. The van der Waals surface area contributed by atoms with Gasteiger partial charge >= 0.3 is 5.91 Å². The average molecular weight is 468 g/mol. The van der Waals surface area contributed by atoms with Gasteiger partial charge in [-0.05, 0) is 6.07 Å². The highest BCUT2D eigenvalue weighted by Crippen LogP contribution is 2.24. The molecule has 5 nitrogen and oxygen atoms in total. The maximum Gasteiger partial charge on any atom is 0.309 e. The Labute approximate surface area is 189 Å². The van der Waals surface area contributed by atoms with Crippen LogP contribution in [-0.4, -0.2) is 22.1 Å². The monoisotopic (exact) mass is 468 g/mol. The lowest BCUT2D eigenvalue weighted by Crippen LogP contribution is -2.21. The lowest BCUT2D eigenvalue weighted by atomic mass is 10.1. The second-order valence-corrected chi connectivity index (χ2v) is 6.88. The van der Waals surface area contributed by atoms with Crippen molar-refractivity contribution in [3.8, 4) is 22.5 Å². The Morgan fingerprint density at radius 3 is 1.62 bits per heavy atom. The van der Waals surface area contributed by atoms with Gasteiger partial charge in [0.25, 0.3) is 0 Å². The van der Waals surface area contributed by atoms with Crippen LogP contribution in [0.5, 0.6) is 0 Å². The molecule has 170 valence electrons. The third-order valence-electron chi connectivity index (χ3n) is 4.67. The highest BCUT2D eigenvalue weighted by Gasteiger charge is 2.24. The molecule has 0 atom stereocenters. The first-order chi connectivity index (χ1) is 16.4. The van der Waals surface area contributed by atoms with E-state index in [1.54, 1.807) is 54.6 Å². The largest absolute Gasteiger partial charge is 0.309 e. The molecule has 4 rings (SSSR count). The number of rotatable bonds is 5. The molecule has 34 heavy (non-hydrogen) atoms. The fraction of sp³-hybridized carbons (Fsp3) is 0. The van der Waals surface area contributed by atoms with Gasteiger partial charge in [-0.2, -0.15) is 5.10 Å². The lowest BCUT2D eigenvalue weighted by Gasteiger charge is -2.08. The first-order valence-electron chi connectivity index (χ1n) is 9.71. The zero-order valence-electron chi connectivity index (χ0n) is 17.1. The molecule has 0 saturated carbocycles. The van der Waals surface area contributed by atoms with Gasteiger partial charge in [-0.3, -0.25) is 4.79 Å². The Balaban J connectivity index is 1.67. The maximum atomic E-state index is 13.8. The smallest absolute Gasteiger partial charge is 0.264 e. The zero-order valence-corrected chi connectivity index (χ0v) is 17.1. The van der Waals surface area contributed by atoms with Crippen molar-refractivity contribution in [2.24, 2.45) is 5.10 Å². The number of carbonyl (C=O) groups excluding carboxylic acids is 1. The summed E-state index contributed by atoms with van der Waals surface area (Å²) in [6.45, 7) is 0. The lowest BCUT2D eigenvalue weighted by molar-refractivity contribution is 0.0945. The SMILES string of the molecule is O=C(N/N=C/c1c(F)c(F)c(F)c(F)c1F)c1nc(-c2ccccc2)cc(-c2ccccc2)n1. The summed E-state index contributed by atoms with van der Waals surface area (Å²) >= 11 is 0. The Morgan fingerprint density at radius 2 is 1.15 bits per heavy atom. The minimum Gasteiger partial charge on any atom is -0.264 e. The maximum absolute atomic E-state index is 13.8. The zero-order chi connectivity index (χ0) is 24.2. The summed E-state index contributed by atoms with van der Waals surface area (Å²) in [4.78, 5) is 21.0. The highest BCUT2D eigenvalue weighted by molar-refractivity contribution is 5.92. The van der Waals surface area contributed by atoms with Gasteiger partial charge in [-0.1, -0.05) is 60.7 Å². The second-order valence-electron chi connectivity index (χ2n) is 6.88. The van der Waals surface area contributed by atoms with Crippen LogP contribution in [-0.2, 0) is 0 Å². The van der Waals surface area contributed by atoms with Crippen LogP contribution in [0.15, 0.2) is 71.8 Å². The Hall–Kier alpha value is -4.47. The van der Waals surface area contributed by atoms with Crippen molar-refractivity contribution >= 4 is 12.1 Å². The van der Waals surface area contributed by atoms with Gasteiger partial charge in [0.1, 0.15) is 0 Å². The van der Waals surface area contributed by atoms with Crippen LogP contribution in [0.2, 0.25) is 0 Å². The Kier molecular flexibility index (Phi) is 6.39. The molecule has 0 aliphatic carbocycles. The predicted octanol–water partition coefficient (Wildman–Crippen LogP) is 5.27. The van der Waals surface area contributed by atoms with Gasteiger partial charge in [0.2, 0.25) is 11.6 Å². The van der Waals surface area contributed by atoms with E-state index in [-0.39, 0.29) is 5.82 Å². The van der Waals surface area contributed by atoms with Gasteiger partial charge in [0, 0.05) is 11.1 Å². The molecule has 0 saturated heterocycles. The first kappa shape index (κ1) is 22.7. The minimum atomic E-state index is -2.30. The van der Waals surface area contributed by atoms with Gasteiger partial charge in [-0.15, -0.1) is 0 Å². The van der Waals surface area contributed by atoms with Crippen LogP contribution >= 0.6 is 0 Å². The topological polar surface area (TPSA) is 67.2 Å². The third-order valence-corrected chi connectivity index (χ3v) is 4.67. The van der Waals surface area contributed by atoms with E-state index < -0.39 is 40.6 Å². The molecule has 1 aromatic heterocycles. The van der Waals surface area contributed by atoms with Gasteiger partial charge in [0.15, 0.2) is 23.3 Å². The van der Waals surface area contributed by atoms with Crippen LogP contribution in [0, 0.1) is 29.1 Å². The molecule has 1 amide bonds. The fourth-order valence-electron chi connectivity index (χ4n) is 3.00. The fourth-order valence-corrected chi connectivity index (χ4v) is 3.00. The summed E-state index contributed by atoms with van der Waals surface area (Å²) in [6, 6.07) is 19.6. The van der Waals surface area contributed by atoms with E-state index in [1.807, 2.05) is 17.6 Å². The summed E-state index contributed by atoms with van der Waals surface area (Å²) in [5.41, 5.74) is 2.87. The first-order valence-corrected chi connectivity index (χ1v) is 9.71. The number of hydrogen-bond acceptors (Lipinski definition) is 4. The van der Waals surface area contributed by atoms with Crippen LogP contribution in [0.25, 0.3) is 22.5 Å². The number of benzene rings is 3. The second kappa shape index (κ2) is 9.57. The molecule has 1 heterocycles. The molecule has 0 fully saturated rings. The molecule has 0 bridgehead atoms. The van der Waals surface area contributed by atoms with E-state index in [0.717, 1.165) is 0 Å². The third kappa shape index (κ3) is 4.51. The number of amides is 1. The van der Waals surface area contributed by atoms with Crippen LogP contribution < -0.4 is 5.43 Å². The van der Waals surface area contributed by atoms with E-state index >= 15 is 0 Å². The molecule has 10 heteroatoms. The Bertz CT molecular complexity index is 1310. The predicted molar refractivity (Wildman–Crippen MR) is 114 cm³/mol. The molecule has 0 spiro atoms. The van der Waals surface area contributed by atoms with Gasteiger partial charge < -0.3 is 0 Å². The van der Waals surface area contributed by atoms with E-state index in [4.69, 9.17) is 0 Å². The van der Waals surface area contributed by atoms with Crippen molar-refractivity contribution in [3.63, 3.8) is 0 Å². The van der Waals surface area contributed by atoms with Crippen LogP contribution in [0.1, 0.15) is 16.2 Å². The number of aromatic nitrogens is 2. The average Bonchev–Trinajstić information content (AvgIpc) is 2.89. The number of hydrogen-bond donors (Lipinski definition) is 1. The summed E-state index contributed by atoms with van der Waals surface area (Å²) in [5, 5.41) is 3.32. The summed E-state index contributed by atoms with van der Waals surface area (Å²) in [5.74, 6) is -12.0. The summed E-state index contributed by atoms with van der Waals surface area (Å²) < 4.78 is 67.4. The van der Waals surface area contributed by atoms with Crippen molar-refractivity contribution in [2.45, 2.75) is 0 Å². The van der Waals surface area contributed by atoms with Crippen molar-refractivity contribution in [3.05, 3.63) is 107 Å². The molecule has 0 aliphatic rings. The minimum absolute atomic E-state index is 0.313. The molecule has 1 N–H and O–H groups in total. The van der Waals surface area contributed by atoms with E-state index in [9.17, 15) is 26.7 Å². The number of nitrogens with zero attached hydrogens (tertiary/aromatic N) is 3. The van der Waals surface area contributed by atoms with Crippen molar-refractivity contribution in [1.29, 1.82) is 0 Å². The molecule has 0 radical (unpaired) electrons. The molecular weight excluding hydrogens is 455 g/mol. The van der Waals surface area contributed by atoms with E-state index in [1.165, 1.54) is 0 Å². The molecule has 3 aromatic carbocycles. The van der Waals surface area contributed by atoms with Gasteiger partial charge in [-0.25, -0.2) is 37.3 Å². The standard InChI is InChI=1S/C24H13F5N4O/c25-18-15(19(26)21(28)22(29)20(18)27)12-30-33-24(34)23-31-16(13-7-3-1-4-8-13)11-17(32-23)14-9-5-2-6-10-14/h1-12H,(H,33,34)/b30-12+. The van der Waals surface area contributed by atoms with Gasteiger partial charge in [0.05, 0.1) is 23.2 Å². The van der Waals surface area contributed by atoms with E-state index in [2.05, 4.69) is 15.1 Å². The normalized spacial score (nSPS) is 11.1. The van der Waals surface area contributed by atoms with Crippen molar-refractivity contribution < 1.29 is 26.7 Å². The number of halogens is 5. The van der Waals surface area contributed by atoms with Crippen molar-refractivity contribution in [1.82, 2.24) is 15.4 Å². The summed E-state index contributed by atoms with van der Waals surface area (Å²) in [7, 11) is 0. The van der Waals surface area contributed by atoms with Crippen LogP contribution in [0.4, 0.5) is 22.0 Å². The van der Waals surface area contributed by atoms with E-state index in [0.29, 0.717) is 28.7 Å². The quantitative estimate of drug-likeness (QED) is 0.143. The number of nitrogens with one attached hydrogen (secondary N) is 1. The summed E-state index contributed by atoms with van der Waals surface area (Å²) in [6.07, 6.45) is 0.313.